The molecule has 0 amide bonds. The summed E-state index contributed by atoms with van der Waals surface area (Å²) in [5.41, 5.74) is 0.411. The fourth-order valence-corrected chi connectivity index (χ4v) is 2.66. The predicted octanol–water partition coefficient (Wildman–Crippen LogP) is 2.93. The zero-order valence-electron chi connectivity index (χ0n) is 14.9. The number of esters is 2. The van der Waals surface area contributed by atoms with E-state index in [-0.39, 0.29) is 24.5 Å². The van der Waals surface area contributed by atoms with E-state index in [2.05, 4.69) is 0 Å². The average molecular weight is 348 g/mol. The number of ether oxygens (including phenoxy) is 2. The molecule has 0 aliphatic carbocycles. The summed E-state index contributed by atoms with van der Waals surface area (Å²) in [4.78, 5) is 37.0. The van der Waals surface area contributed by atoms with Gasteiger partial charge in [0.1, 0.15) is 17.5 Å². The van der Waals surface area contributed by atoms with Gasteiger partial charge in [-0.3, -0.25) is 9.59 Å². The number of rotatable bonds is 8. The van der Waals surface area contributed by atoms with Crippen LogP contribution in [0.15, 0.2) is 41.7 Å². The van der Waals surface area contributed by atoms with Crippen molar-refractivity contribution in [1.29, 1.82) is 0 Å². The molecule has 1 aromatic carbocycles. The molecule has 1 rings (SSSR count). The molecule has 0 radical (unpaired) electrons. The van der Waals surface area contributed by atoms with Gasteiger partial charge in [-0.1, -0.05) is 30.3 Å². The number of allylic oxidation sites excluding steroid dienone is 1. The lowest BCUT2D eigenvalue weighted by Gasteiger charge is -2.26. The van der Waals surface area contributed by atoms with E-state index in [0.717, 1.165) is 0 Å². The maximum absolute atomic E-state index is 12.4. The van der Waals surface area contributed by atoms with E-state index in [9.17, 15) is 19.5 Å². The molecule has 136 valence electrons. The van der Waals surface area contributed by atoms with Crippen molar-refractivity contribution in [3.63, 3.8) is 0 Å². The molecule has 0 saturated heterocycles. The molecular weight excluding hydrogens is 324 g/mol. The number of benzene rings is 1. The fourth-order valence-electron chi connectivity index (χ4n) is 2.66. The molecule has 0 fully saturated rings. The van der Waals surface area contributed by atoms with Crippen LogP contribution in [-0.4, -0.2) is 36.0 Å². The fraction of sp³-hybridized carbons (Fsp3) is 0.421. The van der Waals surface area contributed by atoms with Gasteiger partial charge >= 0.3 is 11.9 Å². The molecule has 1 N–H and O–H groups in total. The van der Waals surface area contributed by atoms with Crippen molar-refractivity contribution in [1.82, 2.24) is 0 Å². The van der Waals surface area contributed by atoms with E-state index in [1.54, 1.807) is 44.2 Å². The highest BCUT2D eigenvalue weighted by atomic mass is 16.5. The lowest BCUT2D eigenvalue weighted by Crippen LogP contribution is -2.34. The first kappa shape index (κ1) is 20.4. The predicted molar refractivity (Wildman–Crippen MR) is 91.9 cm³/mol. The SMILES string of the molecule is CCOC(=O)C(=C(C)O)C(c1ccccc1)C(C(C)=O)C(=O)OCC. The van der Waals surface area contributed by atoms with Crippen molar-refractivity contribution < 1.29 is 29.0 Å². The van der Waals surface area contributed by atoms with Crippen LogP contribution in [0.1, 0.15) is 39.2 Å². The quantitative estimate of drug-likeness (QED) is 0.336. The maximum atomic E-state index is 12.4. The summed E-state index contributed by atoms with van der Waals surface area (Å²) in [5.74, 6) is -4.54. The third-order valence-electron chi connectivity index (χ3n) is 3.67. The van der Waals surface area contributed by atoms with Gasteiger partial charge in [0, 0.05) is 5.92 Å². The largest absolute Gasteiger partial charge is 0.512 e. The van der Waals surface area contributed by atoms with Crippen molar-refractivity contribution >= 4 is 17.7 Å². The Bertz CT molecular complexity index is 643. The van der Waals surface area contributed by atoms with Gasteiger partial charge in [0.05, 0.1) is 18.8 Å². The topological polar surface area (TPSA) is 89.9 Å². The van der Waals surface area contributed by atoms with Crippen molar-refractivity contribution in [3.05, 3.63) is 47.2 Å². The number of aliphatic hydroxyl groups is 1. The van der Waals surface area contributed by atoms with E-state index in [4.69, 9.17) is 9.47 Å². The molecule has 0 spiro atoms. The number of ketones is 1. The molecule has 0 aliphatic rings. The first-order valence-electron chi connectivity index (χ1n) is 8.13. The molecule has 6 heteroatoms. The van der Waals surface area contributed by atoms with Crippen LogP contribution in [-0.2, 0) is 23.9 Å². The van der Waals surface area contributed by atoms with E-state index >= 15 is 0 Å². The Morgan fingerprint density at radius 1 is 1.00 bits per heavy atom. The normalized spacial score (nSPS) is 14.1. The second-order valence-corrected chi connectivity index (χ2v) is 5.45. The molecular formula is C19H24O6. The molecule has 0 aliphatic heterocycles. The zero-order valence-corrected chi connectivity index (χ0v) is 14.9. The molecule has 2 atom stereocenters. The molecule has 2 unspecified atom stereocenters. The number of hydrogen-bond acceptors (Lipinski definition) is 6. The minimum Gasteiger partial charge on any atom is -0.512 e. The van der Waals surface area contributed by atoms with Crippen LogP contribution in [0.4, 0.5) is 0 Å². The number of hydrogen-bond donors (Lipinski definition) is 1. The van der Waals surface area contributed by atoms with Gasteiger partial charge < -0.3 is 14.6 Å². The highest BCUT2D eigenvalue weighted by Crippen LogP contribution is 2.36. The van der Waals surface area contributed by atoms with Crippen LogP contribution < -0.4 is 0 Å². The Kier molecular flexibility index (Phi) is 7.85. The Hall–Kier alpha value is -2.63. The van der Waals surface area contributed by atoms with Crippen LogP contribution in [0.3, 0.4) is 0 Å². The third-order valence-corrected chi connectivity index (χ3v) is 3.67. The van der Waals surface area contributed by atoms with Crippen molar-refractivity contribution in [2.75, 3.05) is 13.2 Å². The number of carbonyl (C=O) groups is 3. The van der Waals surface area contributed by atoms with E-state index in [1.165, 1.54) is 13.8 Å². The Labute approximate surface area is 147 Å². The van der Waals surface area contributed by atoms with Gasteiger partial charge in [-0.15, -0.1) is 0 Å². The molecule has 6 nitrogen and oxygen atoms in total. The third kappa shape index (κ3) is 5.17. The number of aliphatic hydroxyl groups excluding tert-OH is 1. The Balaban J connectivity index is 3.57. The first-order valence-corrected chi connectivity index (χ1v) is 8.13. The lowest BCUT2D eigenvalue weighted by molar-refractivity contribution is -0.152. The molecule has 0 bridgehead atoms. The standard InChI is InChI=1S/C19H24O6/c1-5-24-18(22)15(12(3)20)17(14-10-8-7-9-11-14)16(13(4)21)19(23)25-6-2/h7-11,15,17,21H,5-6H2,1-4H3. The van der Waals surface area contributed by atoms with Crippen LogP contribution in [0, 0.1) is 5.92 Å². The summed E-state index contributed by atoms with van der Waals surface area (Å²) >= 11 is 0. The smallest absolute Gasteiger partial charge is 0.338 e. The Morgan fingerprint density at radius 3 is 2.00 bits per heavy atom. The summed E-state index contributed by atoms with van der Waals surface area (Å²) in [7, 11) is 0. The van der Waals surface area contributed by atoms with Crippen molar-refractivity contribution in [3.8, 4) is 0 Å². The molecule has 0 saturated carbocycles. The number of Topliss-reactive ketones (excluding diaryl/α,β-unsaturated/α-hetero) is 1. The second kappa shape index (κ2) is 9.61. The van der Waals surface area contributed by atoms with Crippen LogP contribution >= 0.6 is 0 Å². The molecule has 0 heterocycles. The Morgan fingerprint density at radius 2 is 1.56 bits per heavy atom. The van der Waals surface area contributed by atoms with Gasteiger partial charge in [0.25, 0.3) is 0 Å². The highest BCUT2D eigenvalue weighted by Gasteiger charge is 2.41. The van der Waals surface area contributed by atoms with Crippen molar-refractivity contribution in [2.45, 2.75) is 33.6 Å². The minimum absolute atomic E-state index is 0.0979. The van der Waals surface area contributed by atoms with Crippen LogP contribution in [0.5, 0.6) is 0 Å². The monoisotopic (exact) mass is 348 g/mol. The van der Waals surface area contributed by atoms with E-state index < -0.39 is 29.6 Å². The van der Waals surface area contributed by atoms with E-state index in [1.807, 2.05) is 0 Å². The highest BCUT2D eigenvalue weighted by molar-refractivity contribution is 6.02. The zero-order chi connectivity index (χ0) is 19.0. The summed E-state index contributed by atoms with van der Waals surface area (Å²) < 4.78 is 10.0. The van der Waals surface area contributed by atoms with Crippen LogP contribution in [0.2, 0.25) is 0 Å². The van der Waals surface area contributed by atoms with Gasteiger partial charge in [-0.25, -0.2) is 4.79 Å². The van der Waals surface area contributed by atoms with Gasteiger partial charge in [0.2, 0.25) is 0 Å². The summed E-state index contributed by atoms with van der Waals surface area (Å²) in [5, 5.41) is 10.1. The average Bonchev–Trinajstić information content (AvgIpc) is 2.54. The first-order chi connectivity index (χ1) is 11.8. The van der Waals surface area contributed by atoms with E-state index in [0.29, 0.717) is 5.56 Å². The second-order valence-electron chi connectivity index (χ2n) is 5.45. The maximum Gasteiger partial charge on any atom is 0.338 e. The van der Waals surface area contributed by atoms with Gasteiger partial charge in [-0.05, 0) is 33.3 Å². The summed E-state index contributed by atoms with van der Waals surface area (Å²) in [6.45, 7) is 6.04. The van der Waals surface area contributed by atoms with Gasteiger partial charge in [-0.2, -0.15) is 0 Å². The summed E-state index contributed by atoms with van der Waals surface area (Å²) in [6, 6.07) is 8.58. The summed E-state index contributed by atoms with van der Waals surface area (Å²) in [6.07, 6.45) is 0. The lowest BCUT2D eigenvalue weighted by atomic mass is 9.78. The van der Waals surface area contributed by atoms with Crippen LogP contribution in [0.25, 0.3) is 0 Å². The number of carbonyl (C=O) groups excluding carboxylic acids is 3. The minimum atomic E-state index is -1.26. The van der Waals surface area contributed by atoms with Crippen molar-refractivity contribution in [2.24, 2.45) is 5.92 Å². The molecule has 25 heavy (non-hydrogen) atoms. The van der Waals surface area contributed by atoms with Gasteiger partial charge in [0.15, 0.2) is 0 Å². The molecule has 1 aromatic rings. The molecule has 0 aromatic heterocycles.